The maximum atomic E-state index is 12.5. The zero-order valence-electron chi connectivity index (χ0n) is 12.9. The number of anilines is 1. The number of hydrogen-bond acceptors (Lipinski definition) is 3. The molecular weight excluding hydrogens is 389 g/mol. The molecule has 0 unspecified atom stereocenters. The van der Waals surface area contributed by atoms with Crippen LogP contribution in [0.3, 0.4) is 0 Å². The number of carbonyl (C=O) groups is 1. The van der Waals surface area contributed by atoms with E-state index in [0.717, 1.165) is 37.2 Å². The Morgan fingerprint density at radius 1 is 1.23 bits per heavy atom. The highest BCUT2D eigenvalue weighted by Gasteiger charge is 2.23. The zero-order chi connectivity index (χ0) is 14.7. The van der Waals surface area contributed by atoms with Gasteiger partial charge in [-0.3, -0.25) is 9.69 Å². The minimum atomic E-state index is 0. The second kappa shape index (κ2) is 9.60. The molecule has 1 saturated heterocycles. The van der Waals surface area contributed by atoms with E-state index in [4.69, 9.17) is 5.73 Å². The zero-order valence-corrected chi connectivity index (χ0v) is 16.1. The Labute approximate surface area is 153 Å². The second-order valence-electron chi connectivity index (χ2n) is 5.72. The first kappa shape index (κ1) is 21.5. The van der Waals surface area contributed by atoms with Crippen LogP contribution in [0.25, 0.3) is 0 Å². The van der Waals surface area contributed by atoms with Crippen molar-refractivity contribution in [2.75, 3.05) is 38.5 Å². The summed E-state index contributed by atoms with van der Waals surface area (Å²) in [6.07, 6.45) is 0. The molecule has 2 rings (SSSR count). The molecule has 1 aromatic carbocycles. The molecule has 4 nitrogen and oxygen atoms in total. The van der Waals surface area contributed by atoms with Gasteiger partial charge >= 0.3 is 0 Å². The highest BCUT2D eigenvalue weighted by molar-refractivity contribution is 9.10. The van der Waals surface area contributed by atoms with Crippen LogP contribution in [0.15, 0.2) is 22.7 Å². The predicted octanol–water partition coefficient (Wildman–Crippen LogP) is 3.29. The van der Waals surface area contributed by atoms with Gasteiger partial charge in [0.05, 0.1) is 5.56 Å². The molecule has 2 N–H and O–H groups in total. The largest absolute Gasteiger partial charge is 0.398 e. The molecule has 1 aliphatic rings. The summed E-state index contributed by atoms with van der Waals surface area (Å²) >= 11 is 3.36. The fraction of sp³-hybridized carbons (Fsp3) is 0.533. The number of nitrogen functional groups attached to an aromatic ring is 1. The van der Waals surface area contributed by atoms with Crippen molar-refractivity contribution in [2.45, 2.75) is 13.8 Å². The Morgan fingerprint density at radius 2 is 1.82 bits per heavy atom. The van der Waals surface area contributed by atoms with Crippen LogP contribution in [0.1, 0.15) is 24.2 Å². The molecule has 1 amide bonds. The Balaban J connectivity index is 0.00000220. The lowest BCUT2D eigenvalue weighted by atomic mass is 10.1. The smallest absolute Gasteiger partial charge is 0.256 e. The van der Waals surface area contributed by atoms with Gasteiger partial charge in [0.15, 0.2) is 0 Å². The molecule has 0 bridgehead atoms. The molecule has 7 heteroatoms. The molecule has 1 heterocycles. The van der Waals surface area contributed by atoms with E-state index in [0.29, 0.717) is 17.2 Å². The van der Waals surface area contributed by atoms with Crippen molar-refractivity contribution in [3.63, 3.8) is 0 Å². The molecule has 0 radical (unpaired) electrons. The second-order valence-corrected chi connectivity index (χ2v) is 6.63. The number of benzene rings is 1. The van der Waals surface area contributed by atoms with Crippen LogP contribution in [-0.4, -0.2) is 48.4 Å². The first-order chi connectivity index (χ1) is 9.47. The number of rotatable bonds is 3. The van der Waals surface area contributed by atoms with Gasteiger partial charge in [-0.1, -0.05) is 29.8 Å². The van der Waals surface area contributed by atoms with E-state index in [1.165, 1.54) is 0 Å². The van der Waals surface area contributed by atoms with Crippen LogP contribution in [0.2, 0.25) is 0 Å². The third kappa shape index (κ3) is 5.61. The molecule has 0 aromatic heterocycles. The van der Waals surface area contributed by atoms with E-state index >= 15 is 0 Å². The van der Waals surface area contributed by atoms with Crippen molar-refractivity contribution >= 4 is 52.3 Å². The summed E-state index contributed by atoms with van der Waals surface area (Å²) in [7, 11) is 0. The van der Waals surface area contributed by atoms with E-state index < -0.39 is 0 Å². The van der Waals surface area contributed by atoms with Crippen molar-refractivity contribution < 1.29 is 4.79 Å². The maximum absolute atomic E-state index is 12.5. The molecular formula is C15H24BrCl2N3O. The molecule has 0 atom stereocenters. The van der Waals surface area contributed by atoms with E-state index in [2.05, 4.69) is 34.7 Å². The summed E-state index contributed by atoms with van der Waals surface area (Å²) in [5, 5.41) is 0. The van der Waals surface area contributed by atoms with Crippen molar-refractivity contribution in [3.8, 4) is 0 Å². The summed E-state index contributed by atoms with van der Waals surface area (Å²) in [5.41, 5.74) is 7.07. The molecule has 0 spiro atoms. The van der Waals surface area contributed by atoms with Gasteiger partial charge in [-0.15, -0.1) is 24.8 Å². The number of piperazine rings is 1. The first-order valence-corrected chi connectivity index (χ1v) is 7.83. The molecule has 22 heavy (non-hydrogen) atoms. The quantitative estimate of drug-likeness (QED) is 0.774. The monoisotopic (exact) mass is 411 g/mol. The van der Waals surface area contributed by atoms with Crippen molar-refractivity contribution in [3.05, 3.63) is 28.2 Å². The van der Waals surface area contributed by atoms with Crippen LogP contribution < -0.4 is 5.73 Å². The van der Waals surface area contributed by atoms with Crippen molar-refractivity contribution in [1.29, 1.82) is 0 Å². The summed E-state index contributed by atoms with van der Waals surface area (Å²) in [6.45, 7) is 8.99. The Hall–Kier alpha value is -0.490. The standard InChI is InChI=1S/C15H22BrN3O.2ClH/c1-11(2)10-18-5-7-19(8-6-18)15(20)13-4-3-12(16)9-14(13)17;;/h3-4,9,11H,5-8,10,17H2,1-2H3;2*1H. The lowest BCUT2D eigenvalue weighted by Gasteiger charge is -2.35. The van der Waals surface area contributed by atoms with Crippen molar-refractivity contribution in [1.82, 2.24) is 9.80 Å². The summed E-state index contributed by atoms with van der Waals surface area (Å²) in [6, 6.07) is 5.43. The third-order valence-electron chi connectivity index (χ3n) is 3.53. The van der Waals surface area contributed by atoms with Crippen LogP contribution >= 0.6 is 40.7 Å². The Kier molecular flexibility index (Phi) is 9.39. The molecule has 0 aliphatic carbocycles. The fourth-order valence-corrected chi connectivity index (χ4v) is 2.93. The molecule has 1 fully saturated rings. The van der Waals surface area contributed by atoms with Gasteiger partial charge in [-0.25, -0.2) is 0 Å². The molecule has 1 aromatic rings. The van der Waals surface area contributed by atoms with Gasteiger partial charge in [0.2, 0.25) is 0 Å². The van der Waals surface area contributed by atoms with E-state index in [-0.39, 0.29) is 30.7 Å². The van der Waals surface area contributed by atoms with Crippen LogP contribution in [-0.2, 0) is 0 Å². The van der Waals surface area contributed by atoms with Crippen LogP contribution in [0, 0.1) is 5.92 Å². The predicted molar refractivity (Wildman–Crippen MR) is 100 cm³/mol. The number of carbonyl (C=O) groups excluding carboxylic acids is 1. The highest BCUT2D eigenvalue weighted by Crippen LogP contribution is 2.20. The summed E-state index contributed by atoms with van der Waals surface area (Å²) < 4.78 is 0.897. The SMILES string of the molecule is CC(C)CN1CCN(C(=O)c2ccc(Br)cc2N)CC1.Cl.Cl. The fourth-order valence-electron chi connectivity index (χ4n) is 2.55. The average molecular weight is 413 g/mol. The van der Waals surface area contributed by atoms with E-state index in [1.807, 2.05) is 11.0 Å². The highest BCUT2D eigenvalue weighted by atomic mass is 79.9. The van der Waals surface area contributed by atoms with Gasteiger partial charge in [-0.05, 0) is 24.1 Å². The van der Waals surface area contributed by atoms with Gasteiger partial charge in [0, 0.05) is 42.9 Å². The third-order valence-corrected chi connectivity index (χ3v) is 4.02. The topological polar surface area (TPSA) is 49.6 Å². The Bertz CT molecular complexity index is 492. The first-order valence-electron chi connectivity index (χ1n) is 7.04. The number of hydrogen-bond donors (Lipinski definition) is 1. The summed E-state index contributed by atoms with van der Waals surface area (Å²) in [5.74, 6) is 0.707. The van der Waals surface area contributed by atoms with E-state index in [9.17, 15) is 4.79 Å². The molecule has 1 aliphatic heterocycles. The normalized spacial score (nSPS) is 15.2. The summed E-state index contributed by atoms with van der Waals surface area (Å²) in [4.78, 5) is 16.8. The van der Waals surface area contributed by atoms with Gasteiger partial charge < -0.3 is 10.6 Å². The van der Waals surface area contributed by atoms with Gasteiger partial charge in [0.1, 0.15) is 0 Å². The number of amides is 1. The number of nitrogens with two attached hydrogens (primary N) is 1. The average Bonchev–Trinajstić information content (AvgIpc) is 2.38. The number of halogens is 3. The molecule has 126 valence electrons. The lowest BCUT2D eigenvalue weighted by molar-refractivity contribution is 0.0625. The lowest BCUT2D eigenvalue weighted by Crippen LogP contribution is -2.49. The van der Waals surface area contributed by atoms with Gasteiger partial charge in [0.25, 0.3) is 5.91 Å². The van der Waals surface area contributed by atoms with Crippen molar-refractivity contribution in [2.24, 2.45) is 5.92 Å². The van der Waals surface area contributed by atoms with Crippen LogP contribution in [0.4, 0.5) is 5.69 Å². The number of nitrogens with zero attached hydrogens (tertiary/aromatic N) is 2. The minimum Gasteiger partial charge on any atom is -0.398 e. The maximum Gasteiger partial charge on any atom is 0.256 e. The minimum absolute atomic E-state index is 0. The van der Waals surface area contributed by atoms with Gasteiger partial charge in [-0.2, -0.15) is 0 Å². The Morgan fingerprint density at radius 3 is 2.32 bits per heavy atom. The molecule has 0 saturated carbocycles. The van der Waals surface area contributed by atoms with Crippen LogP contribution in [0.5, 0.6) is 0 Å². The van der Waals surface area contributed by atoms with E-state index in [1.54, 1.807) is 12.1 Å².